The minimum Gasteiger partial charge on any atom is -0.481 e. The first-order chi connectivity index (χ1) is 12.7. The summed E-state index contributed by atoms with van der Waals surface area (Å²) in [6.07, 6.45) is 3.25. The second kappa shape index (κ2) is 7.05. The van der Waals surface area contributed by atoms with Crippen LogP contribution in [0.2, 0.25) is 0 Å². The summed E-state index contributed by atoms with van der Waals surface area (Å²) in [5.74, 6) is 1.06. The van der Waals surface area contributed by atoms with Crippen molar-refractivity contribution in [3.63, 3.8) is 0 Å². The Balaban J connectivity index is 1.68. The van der Waals surface area contributed by atoms with E-state index >= 15 is 0 Å². The molecular formula is C19H15FN4OS. The minimum atomic E-state index is -0.255. The highest BCUT2D eigenvalue weighted by Crippen LogP contribution is 2.36. The molecule has 0 unspecified atom stereocenters. The lowest BCUT2D eigenvalue weighted by Crippen LogP contribution is -2.03. The second-order valence-electron chi connectivity index (χ2n) is 5.62. The Kier molecular flexibility index (Phi) is 4.45. The van der Waals surface area contributed by atoms with Gasteiger partial charge >= 0.3 is 0 Å². The van der Waals surface area contributed by atoms with Gasteiger partial charge in [0.15, 0.2) is 0 Å². The lowest BCUT2D eigenvalue weighted by Gasteiger charge is -2.09. The molecular weight excluding hydrogens is 351 g/mol. The van der Waals surface area contributed by atoms with E-state index in [0.29, 0.717) is 12.4 Å². The van der Waals surface area contributed by atoms with Gasteiger partial charge in [-0.25, -0.2) is 19.3 Å². The summed E-state index contributed by atoms with van der Waals surface area (Å²) < 4.78 is 18.4. The van der Waals surface area contributed by atoms with Gasteiger partial charge in [-0.05, 0) is 29.3 Å². The molecule has 0 aliphatic heterocycles. The SMILES string of the molecule is COc1cc(CNc2ncnc3scc(-c4ccc(F)cc4)c23)ccn1. The lowest BCUT2D eigenvalue weighted by molar-refractivity contribution is 0.397. The Hall–Kier alpha value is -3.06. The van der Waals surface area contributed by atoms with Crippen molar-refractivity contribution in [2.75, 3.05) is 12.4 Å². The number of pyridine rings is 1. The van der Waals surface area contributed by atoms with E-state index in [1.807, 2.05) is 17.5 Å². The van der Waals surface area contributed by atoms with Crippen LogP contribution in [0.3, 0.4) is 0 Å². The molecule has 0 atom stereocenters. The quantitative estimate of drug-likeness (QED) is 0.563. The maximum atomic E-state index is 13.2. The van der Waals surface area contributed by atoms with Crippen LogP contribution in [0.4, 0.5) is 10.2 Å². The van der Waals surface area contributed by atoms with Gasteiger partial charge in [0.2, 0.25) is 5.88 Å². The standard InChI is InChI=1S/C19H15FN4OS/c1-25-16-8-12(6-7-21-16)9-22-18-17-15(10-26-19(17)24-11-23-18)13-2-4-14(20)5-3-13/h2-8,10-11H,9H2,1H3,(H,22,23,24). The van der Waals surface area contributed by atoms with E-state index in [4.69, 9.17) is 4.74 Å². The number of thiophene rings is 1. The van der Waals surface area contributed by atoms with E-state index in [2.05, 4.69) is 20.3 Å². The van der Waals surface area contributed by atoms with Gasteiger partial charge in [-0.15, -0.1) is 11.3 Å². The summed E-state index contributed by atoms with van der Waals surface area (Å²) in [7, 11) is 1.59. The van der Waals surface area contributed by atoms with E-state index < -0.39 is 0 Å². The van der Waals surface area contributed by atoms with Crippen molar-refractivity contribution in [2.45, 2.75) is 6.54 Å². The Morgan fingerprint density at radius 1 is 1.12 bits per heavy atom. The van der Waals surface area contributed by atoms with Gasteiger partial charge in [0, 0.05) is 29.8 Å². The maximum Gasteiger partial charge on any atom is 0.213 e. The van der Waals surface area contributed by atoms with Crippen LogP contribution in [0.5, 0.6) is 5.88 Å². The number of nitrogens with one attached hydrogen (secondary N) is 1. The third-order valence-corrected chi connectivity index (χ3v) is 4.88. The topological polar surface area (TPSA) is 59.9 Å². The number of rotatable bonds is 5. The Morgan fingerprint density at radius 2 is 1.96 bits per heavy atom. The average molecular weight is 366 g/mol. The van der Waals surface area contributed by atoms with Crippen molar-refractivity contribution in [3.8, 4) is 17.0 Å². The molecule has 3 aromatic heterocycles. The average Bonchev–Trinajstić information content (AvgIpc) is 3.12. The molecule has 4 rings (SSSR count). The zero-order valence-electron chi connectivity index (χ0n) is 13.9. The number of ether oxygens (including phenoxy) is 1. The molecule has 0 fully saturated rings. The highest BCUT2D eigenvalue weighted by atomic mass is 32.1. The maximum absolute atomic E-state index is 13.2. The fourth-order valence-corrected chi connectivity index (χ4v) is 3.62. The predicted molar refractivity (Wildman–Crippen MR) is 101 cm³/mol. The molecule has 26 heavy (non-hydrogen) atoms. The van der Waals surface area contributed by atoms with Crippen LogP contribution in [0, 0.1) is 5.82 Å². The van der Waals surface area contributed by atoms with Crippen LogP contribution >= 0.6 is 11.3 Å². The summed E-state index contributed by atoms with van der Waals surface area (Å²) >= 11 is 1.54. The van der Waals surface area contributed by atoms with Crippen LogP contribution in [-0.4, -0.2) is 22.1 Å². The highest BCUT2D eigenvalue weighted by molar-refractivity contribution is 7.17. The monoisotopic (exact) mass is 366 g/mol. The lowest BCUT2D eigenvalue weighted by atomic mass is 10.1. The van der Waals surface area contributed by atoms with Crippen LogP contribution in [0.1, 0.15) is 5.56 Å². The zero-order valence-corrected chi connectivity index (χ0v) is 14.8. The van der Waals surface area contributed by atoms with Gasteiger partial charge in [0.25, 0.3) is 0 Å². The van der Waals surface area contributed by atoms with Crippen LogP contribution in [-0.2, 0) is 6.54 Å². The van der Waals surface area contributed by atoms with Gasteiger partial charge in [-0.3, -0.25) is 0 Å². The molecule has 5 nitrogen and oxygen atoms in total. The largest absolute Gasteiger partial charge is 0.481 e. The van der Waals surface area contributed by atoms with Crippen LogP contribution in [0.25, 0.3) is 21.3 Å². The number of aromatic nitrogens is 3. The Bertz CT molecular complexity index is 1050. The van der Waals surface area contributed by atoms with Crippen LogP contribution in [0.15, 0.2) is 54.3 Å². The minimum absolute atomic E-state index is 0.255. The molecule has 0 bridgehead atoms. The van der Waals surface area contributed by atoms with Crippen molar-refractivity contribution in [3.05, 3.63) is 65.7 Å². The van der Waals surface area contributed by atoms with Gasteiger partial charge in [-0.2, -0.15) is 0 Å². The molecule has 0 amide bonds. The number of fused-ring (bicyclic) bond motifs is 1. The Morgan fingerprint density at radius 3 is 2.77 bits per heavy atom. The third-order valence-electron chi connectivity index (χ3n) is 3.99. The molecule has 0 aliphatic rings. The van der Waals surface area contributed by atoms with E-state index in [0.717, 1.165) is 32.7 Å². The number of nitrogens with zero attached hydrogens (tertiary/aromatic N) is 3. The Labute approximate surface area is 153 Å². The third kappa shape index (κ3) is 3.21. The number of benzene rings is 1. The van der Waals surface area contributed by atoms with Gasteiger partial charge in [-0.1, -0.05) is 12.1 Å². The number of halogens is 1. The molecule has 3 heterocycles. The molecule has 0 spiro atoms. The molecule has 1 N–H and O–H groups in total. The first-order valence-electron chi connectivity index (χ1n) is 7.95. The first kappa shape index (κ1) is 16.4. The fraction of sp³-hybridized carbons (Fsp3) is 0.105. The van der Waals surface area contributed by atoms with Gasteiger partial charge in [0.1, 0.15) is 22.8 Å². The number of hydrogen-bond donors (Lipinski definition) is 1. The highest BCUT2D eigenvalue weighted by Gasteiger charge is 2.13. The molecule has 130 valence electrons. The van der Waals surface area contributed by atoms with Crippen molar-refractivity contribution in [1.29, 1.82) is 0 Å². The fourth-order valence-electron chi connectivity index (χ4n) is 2.71. The van der Waals surface area contributed by atoms with Crippen molar-refractivity contribution in [1.82, 2.24) is 15.0 Å². The van der Waals surface area contributed by atoms with Gasteiger partial charge in [0.05, 0.1) is 12.5 Å². The van der Waals surface area contributed by atoms with Crippen molar-refractivity contribution >= 4 is 27.4 Å². The van der Waals surface area contributed by atoms with Crippen molar-refractivity contribution < 1.29 is 9.13 Å². The van der Waals surface area contributed by atoms with E-state index in [1.165, 1.54) is 12.1 Å². The van der Waals surface area contributed by atoms with Crippen LogP contribution < -0.4 is 10.1 Å². The molecule has 0 saturated carbocycles. The number of hydrogen-bond acceptors (Lipinski definition) is 6. The number of methoxy groups -OCH3 is 1. The summed E-state index contributed by atoms with van der Waals surface area (Å²) in [4.78, 5) is 13.7. The smallest absolute Gasteiger partial charge is 0.213 e. The van der Waals surface area contributed by atoms with E-state index in [1.54, 1.807) is 43.1 Å². The van der Waals surface area contributed by atoms with Gasteiger partial charge < -0.3 is 10.1 Å². The normalized spacial score (nSPS) is 10.8. The summed E-state index contributed by atoms with van der Waals surface area (Å²) in [5.41, 5.74) is 2.95. The first-order valence-corrected chi connectivity index (χ1v) is 8.83. The molecule has 0 radical (unpaired) electrons. The van der Waals surface area contributed by atoms with Crippen molar-refractivity contribution in [2.24, 2.45) is 0 Å². The zero-order chi connectivity index (χ0) is 17.9. The summed E-state index contributed by atoms with van der Waals surface area (Å²) in [5, 5.41) is 6.32. The molecule has 0 aliphatic carbocycles. The summed E-state index contributed by atoms with van der Waals surface area (Å²) in [6, 6.07) is 10.2. The second-order valence-corrected chi connectivity index (χ2v) is 6.48. The molecule has 0 saturated heterocycles. The van der Waals surface area contributed by atoms with E-state index in [9.17, 15) is 4.39 Å². The molecule has 1 aromatic carbocycles. The molecule has 4 aromatic rings. The summed E-state index contributed by atoms with van der Waals surface area (Å²) in [6.45, 7) is 0.573. The van der Waals surface area contributed by atoms with E-state index in [-0.39, 0.29) is 5.82 Å². The number of anilines is 1. The predicted octanol–water partition coefficient (Wildman–Crippen LogP) is 4.51. The molecule has 7 heteroatoms.